The van der Waals surface area contributed by atoms with Gasteiger partial charge in [0.15, 0.2) is 5.82 Å². The number of hydrogen-bond acceptors (Lipinski definition) is 2. The van der Waals surface area contributed by atoms with Crippen molar-refractivity contribution in [3.63, 3.8) is 0 Å². The van der Waals surface area contributed by atoms with Crippen LogP contribution in [0.5, 0.6) is 0 Å². The molecule has 0 unspecified atom stereocenters. The fourth-order valence-electron chi connectivity index (χ4n) is 1.70. The molecular formula is C14H9Br2FN2. The van der Waals surface area contributed by atoms with Crippen LogP contribution in [-0.2, 0) is 0 Å². The van der Waals surface area contributed by atoms with Crippen molar-refractivity contribution in [3.05, 3.63) is 56.2 Å². The maximum atomic E-state index is 14.1. The van der Waals surface area contributed by atoms with Crippen LogP contribution in [0.25, 0.3) is 0 Å². The summed E-state index contributed by atoms with van der Waals surface area (Å²) in [7, 11) is 0. The minimum Gasteiger partial charge on any atom is -0.353 e. The van der Waals surface area contributed by atoms with Crippen molar-refractivity contribution in [1.82, 2.24) is 0 Å². The number of hydrogen-bond donors (Lipinski definition) is 1. The highest BCUT2D eigenvalue weighted by Crippen LogP contribution is 2.30. The molecule has 2 aromatic rings. The molecule has 96 valence electrons. The van der Waals surface area contributed by atoms with Gasteiger partial charge in [-0.15, -0.1) is 0 Å². The van der Waals surface area contributed by atoms with Crippen LogP contribution in [0.1, 0.15) is 11.1 Å². The Kier molecular flexibility index (Phi) is 4.23. The number of nitrogens with one attached hydrogen (secondary N) is 1. The summed E-state index contributed by atoms with van der Waals surface area (Å²) in [5.74, 6) is -0.475. The highest BCUT2D eigenvalue weighted by atomic mass is 79.9. The Balaban J connectivity index is 2.39. The molecule has 0 aromatic heterocycles. The smallest absolute Gasteiger partial charge is 0.162 e. The van der Waals surface area contributed by atoms with E-state index in [-0.39, 0.29) is 10.0 Å². The van der Waals surface area contributed by atoms with Crippen molar-refractivity contribution in [3.8, 4) is 6.07 Å². The van der Waals surface area contributed by atoms with Gasteiger partial charge in [-0.05, 0) is 58.7 Å². The number of halogens is 3. The average Bonchev–Trinajstić information content (AvgIpc) is 2.34. The molecule has 0 saturated heterocycles. The molecule has 2 aromatic carbocycles. The molecule has 2 rings (SSSR count). The van der Waals surface area contributed by atoms with Gasteiger partial charge >= 0.3 is 0 Å². The predicted octanol–water partition coefficient (Wildman–Crippen LogP) is 5.27. The van der Waals surface area contributed by atoms with Crippen LogP contribution < -0.4 is 5.32 Å². The van der Waals surface area contributed by atoms with Gasteiger partial charge in [-0.2, -0.15) is 5.26 Å². The van der Waals surface area contributed by atoms with Crippen LogP contribution >= 0.6 is 31.9 Å². The molecule has 0 spiro atoms. The summed E-state index contributed by atoms with van der Waals surface area (Å²) in [5.41, 5.74) is 2.43. The van der Waals surface area contributed by atoms with Crippen LogP contribution in [0.2, 0.25) is 0 Å². The van der Waals surface area contributed by atoms with Gasteiger partial charge in [0.05, 0.1) is 15.7 Å². The van der Waals surface area contributed by atoms with E-state index in [1.165, 1.54) is 0 Å². The molecule has 1 N–H and O–H groups in total. The van der Waals surface area contributed by atoms with E-state index in [9.17, 15) is 4.39 Å². The van der Waals surface area contributed by atoms with Gasteiger partial charge < -0.3 is 5.32 Å². The second-order valence-corrected chi connectivity index (χ2v) is 5.75. The van der Waals surface area contributed by atoms with Crippen molar-refractivity contribution < 1.29 is 4.39 Å². The number of benzene rings is 2. The lowest BCUT2D eigenvalue weighted by Crippen LogP contribution is -1.96. The zero-order chi connectivity index (χ0) is 14.0. The Morgan fingerprint density at radius 3 is 2.58 bits per heavy atom. The van der Waals surface area contributed by atoms with Crippen molar-refractivity contribution in [2.24, 2.45) is 0 Å². The van der Waals surface area contributed by atoms with Gasteiger partial charge in [0.1, 0.15) is 6.07 Å². The largest absolute Gasteiger partial charge is 0.353 e. The molecule has 0 aliphatic heterocycles. The third-order valence-electron chi connectivity index (χ3n) is 2.52. The average molecular weight is 384 g/mol. The highest BCUT2D eigenvalue weighted by Gasteiger charge is 2.11. The van der Waals surface area contributed by atoms with Gasteiger partial charge in [0.25, 0.3) is 0 Å². The maximum absolute atomic E-state index is 14.1. The minimum atomic E-state index is -0.475. The van der Waals surface area contributed by atoms with E-state index < -0.39 is 5.82 Å². The van der Waals surface area contributed by atoms with Crippen molar-refractivity contribution >= 4 is 43.2 Å². The summed E-state index contributed by atoms with van der Waals surface area (Å²) in [4.78, 5) is 0. The Labute approximate surface area is 127 Å². The lowest BCUT2D eigenvalue weighted by molar-refractivity contribution is 0.624. The second kappa shape index (κ2) is 5.72. The summed E-state index contributed by atoms with van der Waals surface area (Å²) in [6.45, 7) is 1.96. The SMILES string of the molecule is Cc1cc(Br)cc(Nc2ccc(C#N)c(Br)c2F)c1. The molecule has 5 heteroatoms. The van der Waals surface area contributed by atoms with Gasteiger partial charge in [0.2, 0.25) is 0 Å². The zero-order valence-electron chi connectivity index (χ0n) is 9.97. The van der Waals surface area contributed by atoms with Gasteiger partial charge in [-0.25, -0.2) is 4.39 Å². The van der Waals surface area contributed by atoms with E-state index in [0.29, 0.717) is 5.69 Å². The van der Waals surface area contributed by atoms with E-state index in [0.717, 1.165) is 15.7 Å². The first-order valence-electron chi connectivity index (χ1n) is 5.43. The Bertz CT molecular complexity index is 658. The van der Waals surface area contributed by atoms with E-state index in [2.05, 4.69) is 37.2 Å². The normalized spacial score (nSPS) is 10.1. The first-order chi connectivity index (χ1) is 9.01. The summed E-state index contributed by atoms with van der Waals surface area (Å²) in [6.07, 6.45) is 0. The van der Waals surface area contributed by atoms with Crippen molar-refractivity contribution in [2.75, 3.05) is 5.32 Å². The number of anilines is 2. The lowest BCUT2D eigenvalue weighted by atomic mass is 10.2. The molecule has 0 aliphatic carbocycles. The molecule has 0 fully saturated rings. The second-order valence-electron chi connectivity index (χ2n) is 4.04. The van der Waals surface area contributed by atoms with Gasteiger partial charge in [-0.3, -0.25) is 0 Å². The molecule has 0 bridgehead atoms. The van der Waals surface area contributed by atoms with Gasteiger partial charge in [0, 0.05) is 10.2 Å². The maximum Gasteiger partial charge on any atom is 0.162 e. The fourth-order valence-corrected chi connectivity index (χ4v) is 2.74. The van der Waals surface area contributed by atoms with Crippen molar-refractivity contribution in [2.45, 2.75) is 6.92 Å². The minimum absolute atomic E-state index is 0.173. The molecule has 0 amide bonds. The molecule has 0 aliphatic rings. The van der Waals surface area contributed by atoms with E-state index in [1.54, 1.807) is 12.1 Å². The number of rotatable bonds is 2. The first kappa shape index (κ1) is 14.0. The summed E-state index contributed by atoms with van der Waals surface area (Å²) < 4.78 is 15.2. The quantitative estimate of drug-likeness (QED) is 0.766. The number of aryl methyl sites for hydroxylation is 1. The van der Waals surface area contributed by atoms with Crippen molar-refractivity contribution in [1.29, 1.82) is 5.26 Å². The molecule has 19 heavy (non-hydrogen) atoms. The number of nitriles is 1. The topological polar surface area (TPSA) is 35.8 Å². The summed E-state index contributed by atoms with van der Waals surface area (Å²) in [6, 6.07) is 10.8. The first-order valence-corrected chi connectivity index (χ1v) is 7.02. The highest BCUT2D eigenvalue weighted by molar-refractivity contribution is 9.10. The van der Waals surface area contributed by atoms with Crippen LogP contribution in [0, 0.1) is 24.1 Å². The van der Waals surface area contributed by atoms with Crippen LogP contribution in [0.15, 0.2) is 39.3 Å². The Morgan fingerprint density at radius 1 is 1.21 bits per heavy atom. The summed E-state index contributed by atoms with van der Waals surface area (Å²) in [5, 5.41) is 11.8. The molecule has 0 heterocycles. The number of nitrogens with zero attached hydrogens (tertiary/aromatic N) is 1. The standard InChI is InChI=1S/C14H9Br2FN2/c1-8-4-10(15)6-11(5-8)19-12-3-2-9(7-18)13(16)14(12)17/h2-6,19H,1H3. The fraction of sp³-hybridized carbons (Fsp3) is 0.0714. The predicted molar refractivity (Wildman–Crippen MR) is 81.0 cm³/mol. The zero-order valence-corrected chi connectivity index (χ0v) is 13.1. The lowest BCUT2D eigenvalue weighted by Gasteiger charge is -2.10. The summed E-state index contributed by atoms with van der Waals surface area (Å²) >= 11 is 6.48. The third-order valence-corrected chi connectivity index (χ3v) is 3.76. The van der Waals surface area contributed by atoms with E-state index >= 15 is 0 Å². The van der Waals surface area contributed by atoms with Crippen LogP contribution in [-0.4, -0.2) is 0 Å². The van der Waals surface area contributed by atoms with Gasteiger partial charge in [-0.1, -0.05) is 15.9 Å². The molecular weight excluding hydrogens is 375 g/mol. The van der Waals surface area contributed by atoms with Crippen LogP contribution in [0.4, 0.5) is 15.8 Å². The van der Waals surface area contributed by atoms with Crippen LogP contribution in [0.3, 0.4) is 0 Å². The van der Waals surface area contributed by atoms with E-state index in [4.69, 9.17) is 5.26 Å². The third kappa shape index (κ3) is 3.14. The molecule has 0 radical (unpaired) electrons. The molecule has 0 saturated carbocycles. The molecule has 2 nitrogen and oxygen atoms in total. The molecule has 0 atom stereocenters. The van der Waals surface area contributed by atoms with E-state index in [1.807, 2.05) is 31.2 Å². The monoisotopic (exact) mass is 382 g/mol. The Hall–Kier alpha value is -1.38. The Morgan fingerprint density at radius 2 is 1.95 bits per heavy atom.